The lowest BCUT2D eigenvalue weighted by atomic mass is 9.88. The highest BCUT2D eigenvalue weighted by atomic mass is 32.2. The zero-order chi connectivity index (χ0) is 27.1. The minimum Gasteiger partial charge on any atom is -0.326 e. The van der Waals surface area contributed by atoms with E-state index in [1.807, 2.05) is 42.5 Å². The van der Waals surface area contributed by atoms with Gasteiger partial charge >= 0.3 is 0 Å². The standard InChI is InChI=1S/C29H30N4O3S2/c1-18-24(17-30)29(38-25(18)28(36)31-21-12-7-4-8-13-21)33-26(34)19(2)37-23-15-9-14-22(16-23)32-27(35)20-10-5-3-6-11-20/h4,7-9,12-16,19-20H,3,5-6,10-11H2,1-2H3,(H,31,36)(H,32,35)(H,33,34). The largest absolute Gasteiger partial charge is 0.326 e. The number of thioether (sulfide) groups is 1. The third kappa shape index (κ3) is 6.82. The number of benzene rings is 2. The fourth-order valence-corrected chi connectivity index (χ4v) is 6.37. The van der Waals surface area contributed by atoms with E-state index in [9.17, 15) is 19.6 Å². The van der Waals surface area contributed by atoms with E-state index in [0.29, 0.717) is 26.8 Å². The Labute approximate surface area is 231 Å². The number of nitrogens with one attached hydrogen (secondary N) is 3. The molecule has 3 N–H and O–H groups in total. The van der Waals surface area contributed by atoms with Crippen LogP contribution in [0, 0.1) is 24.2 Å². The van der Waals surface area contributed by atoms with Crippen LogP contribution in [0.1, 0.15) is 59.8 Å². The molecule has 1 aromatic heterocycles. The molecule has 0 bridgehead atoms. The molecule has 1 unspecified atom stereocenters. The highest BCUT2D eigenvalue weighted by molar-refractivity contribution is 8.00. The van der Waals surface area contributed by atoms with E-state index in [-0.39, 0.29) is 29.2 Å². The fraction of sp³-hybridized carbons (Fsp3) is 0.310. The van der Waals surface area contributed by atoms with Crippen molar-refractivity contribution in [3.05, 3.63) is 70.6 Å². The van der Waals surface area contributed by atoms with E-state index in [1.165, 1.54) is 18.2 Å². The summed E-state index contributed by atoms with van der Waals surface area (Å²) in [6, 6.07) is 18.7. The Bertz CT molecular complexity index is 1360. The second-order valence-corrected chi connectivity index (χ2v) is 11.7. The molecule has 7 nitrogen and oxygen atoms in total. The maximum atomic E-state index is 13.0. The summed E-state index contributed by atoms with van der Waals surface area (Å²) in [6.07, 6.45) is 5.24. The summed E-state index contributed by atoms with van der Waals surface area (Å²) in [4.78, 5) is 39.7. The quantitative estimate of drug-likeness (QED) is 0.269. The summed E-state index contributed by atoms with van der Waals surface area (Å²) in [7, 11) is 0. The number of rotatable bonds is 8. The second-order valence-electron chi connectivity index (χ2n) is 9.29. The molecular formula is C29H30N4O3S2. The minimum atomic E-state index is -0.477. The Hall–Kier alpha value is -3.61. The van der Waals surface area contributed by atoms with Crippen molar-refractivity contribution in [2.75, 3.05) is 16.0 Å². The summed E-state index contributed by atoms with van der Waals surface area (Å²) in [5, 5.41) is 18.3. The van der Waals surface area contributed by atoms with Gasteiger partial charge in [0.15, 0.2) is 0 Å². The van der Waals surface area contributed by atoms with Crippen LogP contribution in [-0.4, -0.2) is 23.0 Å². The van der Waals surface area contributed by atoms with Gasteiger partial charge in [-0.1, -0.05) is 43.5 Å². The van der Waals surface area contributed by atoms with Gasteiger partial charge in [-0.15, -0.1) is 23.1 Å². The van der Waals surface area contributed by atoms with Crippen LogP contribution in [0.2, 0.25) is 0 Å². The SMILES string of the molecule is Cc1c(C(=O)Nc2ccccc2)sc(NC(=O)C(C)Sc2cccc(NC(=O)C3CCCCC3)c2)c1C#N. The molecule has 3 aromatic rings. The number of nitrogens with zero attached hydrogens (tertiary/aromatic N) is 1. The zero-order valence-electron chi connectivity index (χ0n) is 21.4. The number of hydrogen-bond acceptors (Lipinski definition) is 6. The Kier molecular flexibility index (Phi) is 9.21. The lowest BCUT2D eigenvalue weighted by Gasteiger charge is -2.21. The number of anilines is 3. The molecule has 196 valence electrons. The Morgan fingerprint density at radius 1 is 0.974 bits per heavy atom. The van der Waals surface area contributed by atoms with Crippen molar-refractivity contribution in [3.8, 4) is 6.07 Å². The van der Waals surface area contributed by atoms with Crippen LogP contribution >= 0.6 is 23.1 Å². The Morgan fingerprint density at radius 3 is 2.39 bits per heavy atom. The van der Waals surface area contributed by atoms with Crippen molar-refractivity contribution in [3.63, 3.8) is 0 Å². The van der Waals surface area contributed by atoms with Crippen molar-refractivity contribution in [2.24, 2.45) is 5.92 Å². The molecule has 2 aromatic carbocycles. The van der Waals surface area contributed by atoms with E-state index in [2.05, 4.69) is 22.0 Å². The van der Waals surface area contributed by atoms with Crippen molar-refractivity contribution >= 4 is 57.2 Å². The highest BCUT2D eigenvalue weighted by Crippen LogP contribution is 2.34. The van der Waals surface area contributed by atoms with E-state index in [4.69, 9.17) is 0 Å². The number of amides is 3. The topological polar surface area (TPSA) is 111 Å². The first-order chi connectivity index (χ1) is 18.4. The van der Waals surface area contributed by atoms with Crippen molar-refractivity contribution in [2.45, 2.75) is 56.1 Å². The zero-order valence-corrected chi connectivity index (χ0v) is 23.0. The molecule has 1 saturated carbocycles. The summed E-state index contributed by atoms with van der Waals surface area (Å²) in [5.41, 5.74) is 2.18. The molecule has 3 amide bonds. The van der Waals surface area contributed by atoms with E-state index in [0.717, 1.165) is 41.9 Å². The molecule has 1 atom stereocenters. The number of thiophene rings is 1. The molecule has 1 heterocycles. The van der Waals surface area contributed by atoms with Crippen LogP contribution in [0.5, 0.6) is 0 Å². The average molecular weight is 547 g/mol. The summed E-state index contributed by atoms with van der Waals surface area (Å²) >= 11 is 2.45. The van der Waals surface area contributed by atoms with Crippen LogP contribution in [0.15, 0.2) is 59.5 Å². The normalized spacial score (nSPS) is 14.2. The maximum absolute atomic E-state index is 13.0. The van der Waals surface area contributed by atoms with Gasteiger partial charge in [-0.05, 0) is 62.6 Å². The third-order valence-corrected chi connectivity index (χ3v) is 8.79. The van der Waals surface area contributed by atoms with E-state index in [1.54, 1.807) is 26.0 Å². The van der Waals surface area contributed by atoms with Gasteiger partial charge in [-0.3, -0.25) is 14.4 Å². The lowest BCUT2D eigenvalue weighted by Crippen LogP contribution is -2.24. The summed E-state index contributed by atoms with van der Waals surface area (Å²) in [5.74, 6) is -0.487. The lowest BCUT2D eigenvalue weighted by molar-refractivity contribution is -0.120. The van der Waals surface area contributed by atoms with E-state index >= 15 is 0 Å². The minimum absolute atomic E-state index is 0.0573. The van der Waals surface area contributed by atoms with Gasteiger partial charge in [0.25, 0.3) is 5.91 Å². The fourth-order valence-electron chi connectivity index (χ4n) is 4.39. The molecule has 1 aliphatic carbocycles. The van der Waals surface area contributed by atoms with Crippen LogP contribution in [0.4, 0.5) is 16.4 Å². The maximum Gasteiger partial charge on any atom is 0.266 e. The molecule has 1 fully saturated rings. The van der Waals surface area contributed by atoms with Crippen molar-refractivity contribution < 1.29 is 14.4 Å². The van der Waals surface area contributed by atoms with Gasteiger partial charge in [-0.25, -0.2) is 0 Å². The summed E-state index contributed by atoms with van der Waals surface area (Å²) in [6.45, 7) is 3.48. The van der Waals surface area contributed by atoms with Gasteiger partial charge in [0.1, 0.15) is 11.1 Å². The Morgan fingerprint density at radius 2 is 1.68 bits per heavy atom. The van der Waals surface area contributed by atoms with Crippen LogP contribution in [0.25, 0.3) is 0 Å². The molecule has 1 aliphatic rings. The van der Waals surface area contributed by atoms with Gasteiger partial charge < -0.3 is 16.0 Å². The first-order valence-electron chi connectivity index (χ1n) is 12.6. The molecule has 0 spiro atoms. The molecule has 4 rings (SSSR count). The highest BCUT2D eigenvalue weighted by Gasteiger charge is 2.24. The molecule has 0 saturated heterocycles. The first-order valence-corrected chi connectivity index (χ1v) is 14.3. The summed E-state index contributed by atoms with van der Waals surface area (Å²) < 4.78 is 0. The molecular weight excluding hydrogens is 516 g/mol. The smallest absolute Gasteiger partial charge is 0.266 e. The van der Waals surface area contributed by atoms with Gasteiger partial charge in [0.05, 0.1) is 15.7 Å². The number of nitriles is 1. The van der Waals surface area contributed by atoms with E-state index < -0.39 is 5.25 Å². The number of para-hydroxylation sites is 1. The van der Waals surface area contributed by atoms with Crippen molar-refractivity contribution in [1.82, 2.24) is 0 Å². The molecule has 0 radical (unpaired) electrons. The first kappa shape index (κ1) is 27.4. The third-order valence-electron chi connectivity index (χ3n) is 6.49. The van der Waals surface area contributed by atoms with Gasteiger partial charge in [-0.2, -0.15) is 5.26 Å². The molecule has 9 heteroatoms. The van der Waals surface area contributed by atoms with Crippen molar-refractivity contribution in [1.29, 1.82) is 5.26 Å². The number of carbonyl (C=O) groups excluding carboxylic acids is 3. The molecule has 38 heavy (non-hydrogen) atoms. The van der Waals surface area contributed by atoms with Gasteiger partial charge in [0.2, 0.25) is 11.8 Å². The second kappa shape index (κ2) is 12.8. The van der Waals surface area contributed by atoms with Crippen LogP contribution in [-0.2, 0) is 9.59 Å². The average Bonchev–Trinajstić information content (AvgIpc) is 3.24. The number of hydrogen-bond donors (Lipinski definition) is 3. The number of carbonyl (C=O) groups is 3. The van der Waals surface area contributed by atoms with Crippen LogP contribution < -0.4 is 16.0 Å². The molecule has 0 aliphatic heterocycles. The van der Waals surface area contributed by atoms with Gasteiger partial charge in [0, 0.05) is 22.2 Å². The monoisotopic (exact) mass is 546 g/mol. The Balaban J connectivity index is 1.40. The predicted octanol–water partition coefficient (Wildman–Crippen LogP) is 6.82. The predicted molar refractivity (Wildman–Crippen MR) is 154 cm³/mol. The van der Waals surface area contributed by atoms with Crippen LogP contribution in [0.3, 0.4) is 0 Å².